The molecule has 1 N–H and O–H groups in total. The van der Waals surface area contributed by atoms with E-state index in [-0.39, 0.29) is 42.3 Å². The van der Waals surface area contributed by atoms with Crippen molar-refractivity contribution in [3.05, 3.63) is 63.7 Å². The molecule has 0 spiro atoms. The van der Waals surface area contributed by atoms with E-state index in [0.717, 1.165) is 0 Å². The number of amides is 3. The van der Waals surface area contributed by atoms with Gasteiger partial charge in [0.15, 0.2) is 17.3 Å². The van der Waals surface area contributed by atoms with Gasteiger partial charge in [-0.25, -0.2) is 22.9 Å². The van der Waals surface area contributed by atoms with Crippen LogP contribution in [0.15, 0.2) is 35.3 Å². The molecule has 3 amide bonds. The Labute approximate surface area is 223 Å². The normalized spacial score (nSPS) is 16.9. The summed E-state index contributed by atoms with van der Waals surface area (Å²) < 4.78 is 84.9. The van der Waals surface area contributed by atoms with Gasteiger partial charge in [0.1, 0.15) is 28.9 Å². The predicted octanol–water partition coefficient (Wildman–Crippen LogP) is 4.53. The third-order valence-electron chi connectivity index (χ3n) is 7.01. The number of aromatic nitrogens is 2. The van der Waals surface area contributed by atoms with E-state index < -0.39 is 58.2 Å². The zero-order chi connectivity index (χ0) is 28.9. The average Bonchev–Trinajstić information content (AvgIpc) is 3.72. The van der Waals surface area contributed by atoms with Gasteiger partial charge in [0.2, 0.25) is 5.43 Å². The highest BCUT2D eigenvalue weighted by atomic mass is 19.4. The number of carbonyl (C=O) groups is 2. The van der Waals surface area contributed by atoms with Gasteiger partial charge < -0.3 is 10.2 Å². The Balaban J connectivity index is 1.69. The molecule has 8 nitrogen and oxygen atoms in total. The molecule has 1 aliphatic heterocycles. The smallest absolute Gasteiger partial charge is 0.340 e. The van der Waals surface area contributed by atoms with E-state index >= 15 is 0 Å². The van der Waals surface area contributed by atoms with Gasteiger partial charge in [-0.15, -0.1) is 0 Å². The molecule has 3 aromatic rings. The number of halogens is 6. The lowest BCUT2D eigenvalue weighted by Crippen LogP contribution is -2.49. The van der Waals surface area contributed by atoms with Gasteiger partial charge in [-0.2, -0.15) is 13.2 Å². The summed E-state index contributed by atoms with van der Waals surface area (Å²) in [6.07, 6.45) is -3.06. The molecule has 1 saturated heterocycles. The van der Waals surface area contributed by atoms with Crippen LogP contribution in [0.2, 0.25) is 0 Å². The number of rotatable bonds is 6. The number of fused-ring (bicyclic) bond motifs is 1. The lowest BCUT2D eigenvalue weighted by Gasteiger charge is -2.34. The summed E-state index contributed by atoms with van der Waals surface area (Å²) in [5.41, 5.74) is -3.17. The number of urea groups is 1. The fourth-order valence-corrected chi connectivity index (χ4v) is 4.84. The van der Waals surface area contributed by atoms with Gasteiger partial charge in [-0.05, 0) is 44.2 Å². The van der Waals surface area contributed by atoms with Crippen molar-refractivity contribution in [2.45, 2.75) is 38.4 Å². The molecule has 1 aliphatic carbocycles. The largest absolute Gasteiger partial charge is 0.408 e. The van der Waals surface area contributed by atoms with Gasteiger partial charge in [-0.3, -0.25) is 19.1 Å². The van der Waals surface area contributed by atoms with E-state index in [4.69, 9.17) is 0 Å². The molecule has 2 aliphatic rings. The van der Waals surface area contributed by atoms with Crippen molar-refractivity contribution in [3.63, 3.8) is 0 Å². The molecule has 1 saturated carbocycles. The predicted molar refractivity (Wildman–Crippen MR) is 132 cm³/mol. The van der Waals surface area contributed by atoms with Crippen LogP contribution in [0.25, 0.3) is 16.7 Å². The van der Waals surface area contributed by atoms with E-state index in [2.05, 4.69) is 4.98 Å². The van der Waals surface area contributed by atoms with E-state index in [1.54, 1.807) is 11.8 Å². The third kappa shape index (κ3) is 4.97. The lowest BCUT2D eigenvalue weighted by molar-refractivity contribution is -0.158. The first-order valence-corrected chi connectivity index (χ1v) is 12.6. The molecule has 5 rings (SSSR count). The highest BCUT2D eigenvalue weighted by molar-refractivity contribution is 5.98. The molecule has 1 atom stereocenters. The zero-order valence-electron chi connectivity index (χ0n) is 21.1. The maximum absolute atomic E-state index is 14.9. The molecular formula is C26H23F6N5O3. The Morgan fingerprint density at radius 3 is 2.38 bits per heavy atom. The first-order valence-electron chi connectivity index (χ1n) is 12.6. The summed E-state index contributed by atoms with van der Waals surface area (Å²) in [6.45, 7) is 2.97. The lowest BCUT2D eigenvalue weighted by atomic mass is 10.1. The second-order valence-corrected chi connectivity index (χ2v) is 9.70. The molecule has 0 bridgehead atoms. The second-order valence-electron chi connectivity index (χ2n) is 9.70. The Hall–Kier alpha value is -4.10. The molecule has 212 valence electrons. The summed E-state index contributed by atoms with van der Waals surface area (Å²) in [4.78, 5) is 46.3. The Morgan fingerprint density at radius 1 is 1.10 bits per heavy atom. The summed E-state index contributed by atoms with van der Waals surface area (Å²) in [5.74, 6) is -6.29. The average molecular weight is 567 g/mol. The van der Waals surface area contributed by atoms with Crippen LogP contribution < -0.4 is 15.6 Å². The van der Waals surface area contributed by atoms with Crippen LogP contribution in [0.4, 0.5) is 37.0 Å². The third-order valence-corrected chi connectivity index (χ3v) is 7.01. The number of nitrogens with zero attached hydrogens (tertiary/aromatic N) is 4. The van der Waals surface area contributed by atoms with E-state index in [9.17, 15) is 40.7 Å². The monoisotopic (exact) mass is 567 g/mol. The number of alkyl halides is 3. The van der Waals surface area contributed by atoms with Crippen molar-refractivity contribution in [2.75, 3.05) is 24.5 Å². The molecule has 2 aromatic heterocycles. The van der Waals surface area contributed by atoms with E-state index in [1.165, 1.54) is 17.0 Å². The Bertz CT molecular complexity index is 1550. The number of hydrogen-bond acceptors (Lipinski definition) is 4. The number of benzene rings is 1. The topological polar surface area (TPSA) is 87.5 Å². The van der Waals surface area contributed by atoms with Crippen molar-refractivity contribution in [1.29, 1.82) is 0 Å². The quantitative estimate of drug-likeness (QED) is 0.444. The van der Waals surface area contributed by atoms with E-state index in [1.807, 2.05) is 5.32 Å². The second kappa shape index (κ2) is 10.1. The number of pyridine rings is 2. The summed E-state index contributed by atoms with van der Waals surface area (Å²) in [6, 6.07) is 0.607. The van der Waals surface area contributed by atoms with Crippen molar-refractivity contribution < 1.29 is 35.9 Å². The molecule has 14 heteroatoms. The highest BCUT2D eigenvalue weighted by Gasteiger charge is 2.50. The van der Waals surface area contributed by atoms with Gasteiger partial charge in [0.05, 0.1) is 5.39 Å². The van der Waals surface area contributed by atoms with Gasteiger partial charge in [0, 0.05) is 38.0 Å². The molecule has 1 aromatic carbocycles. The Kier molecular flexibility index (Phi) is 6.96. The first kappa shape index (κ1) is 27.5. The summed E-state index contributed by atoms with van der Waals surface area (Å²) >= 11 is 0. The fourth-order valence-electron chi connectivity index (χ4n) is 4.84. The minimum Gasteiger partial charge on any atom is -0.340 e. The van der Waals surface area contributed by atoms with Crippen LogP contribution in [0.3, 0.4) is 0 Å². The van der Waals surface area contributed by atoms with Crippen molar-refractivity contribution in [3.8, 4) is 5.69 Å². The van der Waals surface area contributed by atoms with Crippen LogP contribution in [0.1, 0.15) is 36.5 Å². The van der Waals surface area contributed by atoms with Crippen LogP contribution in [0.5, 0.6) is 0 Å². The molecule has 3 heterocycles. The van der Waals surface area contributed by atoms with E-state index in [0.29, 0.717) is 42.4 Å². The molecule has 2 fully saturated rings. The molecular weight excluding hydrogens is 544 g/mol. The number of nitrogens with one attached hydrogen (secondary N) is 1. The summed E-state index contributed by atoms with van der Waals surface area (Å²) in [7, 11) is 0. The Morgan fingerprint density at radius 2 is 1.77 bits per heavy atom. The van der Waals surface area contributed by atoms with Crippen molar-refractivity contribution in [2.24, 2.45) is 5.92 Å². The maximum Gasteiger partial charge on any atom is 0.408 e. The van der Waals surface area contributed by atoms with Crippen molar-refractivity contribution >= 4 is 28.8 Å². The van der Waals surface area contributed by atoms with Crippen LogP contribution >= 0.6 is 0 Å². The van der Waals surface area contributed by atoms with Crippen LogP contribution in [0, 0.1) is 23.4 Å². The fraction of sp³-hybridized carbons (Fsp3) is 0.385. The maximum atomic E-state index is 14.9. The van der Waals surface area contributed by atoms with Gasteiger partial charge >= 0.3 is 12.2 Å². The van der Waals surface area contributed by atoms with Crippen LogP contribution in [-0.2, 0) is 0 Å². The first-order chi connectivity index (χ1) is 18.9. The van der Waals surface area contributed by atoms with Gasteiger partial charge in [0.25, 0.3) is 5.91 Å². The standard InChI is InChI=1S/C26H23F6N5O3/c1-2-35-8-3-9-36(25(35)40)19-7-6-15-21(38)16(24(39)34-22(13-4-5-13)26(30,31)32)12-37(23(15)33-19)20-17(28)10-14(27)11-18(20)29/h6-7,10-13,22H,2-5,8-9H2,1H3,(H,34,39). The summed E-state index contributed by atoms with van der Waals surface area (Å²) in [5, 5.41) is 1.48. The minimum absolute atomic E-state index is 0.0369. The number of anilines is 1. The molecule has 40 heavy (non-hydrogen) atoms. The number of hydrogen-bond donors (Lipinski definition) is 1. The zero-order valence-corrected chi connectivity index (χ0v) is 21.1. The molecule has 1 unspecified atom stereocenters. The van der Waals surface area contributed by atoms with Gasteiger partial charge in [-0.1, -0.05) is 0 Å². The van der Waals surface area contributed by atoms with Crippen LogP contribution in [-0.4, -0.2) is 58.2 Å². The number of carbonyl (C=O) groups excluding carboxylic acids is 2. The minimum atomic E-state index is -4.79. The SMILES string of the molecule is CCN1CCCN(c2ccc3c(=O)c(C(=O)NC(C4CC4)C(F)(F)F)cn(-c4c(F)cc(F)cc4F)c3n2)C1=O. The highest BCUT2D eigenvalue weighted by Crippen LogP contribution is 2.40. The molecule has 0 radical (unpaired) electrons. The van der Waals surface area contributed by atoms with Crippen molar-refractivity contribution in [1.82, 2.24) is 19.8 Å².